The molecule has 1 aliphatic heterocycles. The number of para-hydroxylation sites is 2. The summed E-state index contributed by atoms with van der Waals surface area (Å²) in [5.41, 5.74) is 13.3. The predicted molar refractivity (Wildman–Crippen MR) is 233 cm³/mol. The van der Waals surface area contributed by atoms with Crippen molar-refractivity contribution in [3.63, 3.8) is 0 Å². The van der Waals surface area contributed by atoms with Crippen molar-refractivity contribution < 1.29 is 0 Å². The first-order valence-electron chi connectivity index (χ1n) is 19.6. The Kier molecular flexibility index (Phi) is 8.02. The maximum atomic E-state index is 5.17. The zero-order valence-corrected chi connectivity index (χ0v) is 30.9. The van der Waals surface area contributed by atoms with Crippen LogP contribution in [0.5, 0.6) is 0 Å². The number of allylic oxidation sites excluding steroid dienone is 4. The number of nitrogens with zero attached hydrogens (tertiary/aromatic N) is 3. The highest BCUT2D eigenvalue weighted by Crippen LogP contribution is 2.41. The van der Waals surface area contributed by atoms with Crippen molar-refractivity contribution in [3.05, 3.63) is 210 Å². The monoisotopic (exact) mass is 722 g/mol. The van der Waals surface area contributed by atoms with Crippen LogP contribution in [0.1, 0.15) is 48.0 Å². The van der Waals surface area contributed by atoms with E-state index in [-0.39, 0.29) is 18.5 Å². The molecule has 0 saturated carbocycles. The molecule has 1 aliphatic carbocycles. The second-order valence-electron chi connectivity index (χ2n) is 14.9. The zero-order valence-electron chi connectivity index (χ0n) is 30.9. The summed E-state index contributed by atoms with van der Waals surface area (Å²) in [7, 11) is 0. The molecule has 56 heavy (non-hydrogen) atoms. The summed E-state index contributed by atoms with van der Waals surface area (Å²) in [6.07, 6.45) is 8.49. The molecule has 7 aromatic carbocycles. The lowest BCUT2D eigenvalue weighted by molar-refractivity contribution is 0.316. The summed E-state index contributed by atoms with van der Waals surface area (Å²) in [4.78, 5) is 0. The Morgan fingerprint density at radius 1 is 0.464 bits per heavy atom. The molecule has 0 spiro atoms. The predicted octanol–water partition coefficient (Wildman–Crippen LogP) is 12.7. The Balaban J connectivity index is 0.987. The smallest absolute Gasteiger partial charge is 0.0814 e. The molecule has 0 bridgehead atoms. The van der Waals surface area contributed by atoms with Crippen molar-refractivity contribution in [2.75, 3.05) is 0 Å². The highest BCUT2D eigenvalue weighted by atomic mass is 15.4. The van der Waals surface area contributed by atoms with Crippen molar-refractivity contribution in [2.24, 2.45) is 0 Å². The van der Waals surface area contributed by atoms with E-state index >= 15 is 0 Å². The van der Waals surface area contributed by atoms with Gasteiger partial charge in [0.2, 0.25) is 0 Å². The highest BCUT2D eigenvalue weighted by molar-refractivity contribution is 6.19. The molecule has 5 nitrogen and oxygen atoms in total. The molecule has 1 saturated heterocycles. The first-order chi connectivity index (χ1) is 27.8. The van der Waals surface area contributed by atoms with Gasteiger partial charge in [-0.15, -0.1) is 0 Å². The molecule has 11 rings (SSSR count). The molecular formula is C51H40N5-. The number of rotatable bonds is 6. The Labute approximate surface area is 326 Å². The number of fused-ring (bicyclic) bond motifs is 6. The van der Waals surface area contributed by atoms with E-state index in [9.17, 15) is 0 Å². The fraction of sp³-hybridized carbons (Fsp3) is 0.0980. The summed E-state index contributed by atoms with van der Waals surface area (Å²) in [5, 5.41) is 17.8. The van der Waals surface area contributed by atoms with Crippen molar-refractivity contribution in [3.8, 4) is 16.8 Å². The van der Waals surface area contributed by atoms with E-state index in [1.165, 1.54) is 66.0 Å². The van der Waals surface area contributed by atoms with Crippen LogP contribution >= 0.6 is 0 Å². The van der Waals surface area contributed by atoms with Crippen LogP contribution < -0.4 is 10.6 Å². The fourth-order valence-corrected chi connectivity index (χ4v) is 8.91. The second-order valence-corrected chi connectivity index (χ2v) is 14.9. The third-order valence-electron chi connectivity index (χ3n) is 11.6. The van der Waals surface area contributed by atoms with Gasteiger partial charge in [0.1, 0.15) is 0 Å². The average molecular weight is 723 g/mol. The molecule has 1 fully saturated rings. The standard InChI is InChI=1S/C51H40N5/c1-4-15-35(16-5-1)49-52-50(36-17-6-2-7-18-36)54-51(53-49)37-29-27-34(28-30-37)38-19-14-22-40(31-38)56-46-26-13-11-24-42(46)44-32-43-41-23-10-12-25-45(41)55(47(43)33-48(44)56)39-20-8-3-9-21-39/h1-8,10-20,22-33,49-51,53-54H,9,21H2/q-1. The van der Waals surface area contributed by atoms with Gasteiger partial charge in [0.05, 0.1) is 28.2 Å². The molecule has 5 heteroatoms. The van der Waals surface area contributed by atoms with Gasteiger partial charge in [0, 0.05) is 32.9 Å². The van der Waals surface area contributed by atoms with Crippen LogP contribution in [0, 0.1) is 0 Å². The SMILES string of the molecule is C1=CCCC(n2c3ccccc3c3cc4c5ccccc5n(-c5cccc(-c6ccc(C7NC(c8ccccc8)[N-]C(c8ccccc8)N7)cc6)c5)c4cc32)=C1. The molecule has 2 aliphatic rings. The van der Waals surface area contributed by atoms with E-state index < -0.39 is 0 Å². The number of aromatic nitrogens is 2. The van der Waals surface area contributed by atoms with E-state index in [1.54, 1.807) is 0 Å². The minimum Gasteiger partial charge on any atom is -0.624 e. The van der Waals surface area contributed by atoms with Crippen LogP contribution in [0.4, 0.5) is 0 Å². The Bertz CT molecular complexity index is 2900. The van der Waals surface area contributed by atoms with Gasteiger partial charge in [-0.2, -0.15) is 0 Å². The van der Waals surface area contributed by atoms with Crippen molar-refractivity contribution in [2.45, 2.75) is 31.3 Å². The average Bonchev–Trinajstić information content (AvgIpc) is 3.78. The number of benzene rings is 7. The molecule has 0 amide bonds. The van der Waals surface area contributed by atoms with Crippen LogP contribution in [-0.4, -0.2) is 9.13 Å². The molecule has 9 aromatic rings. The molecule has 3 heterocycles. The summed E-state index contributed by atoms with van der Waals surface area (Å²) in [5.74, 6) is 0. The summed E-state index contributed by atoms with van der Waals surface area (Å²) < 4.78 is 4.94. The van der Waals surface area contributed by atoms with Gasteiger partial charge >= 0.3 is 0 Å². The Morgan fingerprint density at radius 3 is 1.71 bits per heavy atom. The van der Waals surface area contributed by atoms with Crippen LogP contribution in [0.15, 0.2) is 188 Å². The highest BCUT2D eigenvalue weighted by Gasteiger charge is 2.23. The van der Waals surface area contributed by atoms with Crippen LogP contribution in [0.2, 0.25) is 0 Å². The third kappa shape index (κ3) is 5.59. The van der Waals surface area contributed by atoms with Gasteiger partial charge in [0.15, 0.2) is 0 Å². The lowest BCUT2D eigenvalue weighted by Crippen LogP contribution is -2.44. The maximum absolute atomic E-state index is 5.17. The van der Waals surface area contributed by atoms with Gasteiger partial charge in [-0.3, -0.25) is 0 Å². The number of hydrogen-bond acceptors (Lipinski definition) is 2. The molecular weight excluding hydrogens is 683 g/mol. The van der Waals surface area contributed by atoms with Gasteiger partial charge in [-0.05, 0) is 72.0 Å². The van der Waals surface area contributed by atoms with Gasteiger partial charge < -0.3 is 25.1 Å². The second kappa shape index (κ2) is 13.7. The first kappa shape index (κ1) is 32.9. The summed E-state index contributed by atoms with van der Waals surface area (Å²) in [6, 6.07) is 61.5. The molecule has 270 valence electrons. The van der Waals surface area contributed by atoms with E-state index in [0.29, 0.717) is 0 Å². The first-order valence-corrected chi connectivity index (χ1v) is 19.6. The number of hydrogen-bond donors (Lipinski definition) is 2. The van der Waals surface area contributed by atoms with E-state index in [4.69, 9.17) is 5.32 Å². The molecule has 0 radical (unpaired) electrons. The Hall–Kier alpha value is -6.50. The van der Waals surface area contributed by atoms with Gasteiger partial charge in [-0.1, -0.05) is 169 Å². The lowest BCUT2D eigenvalue weighted by Gasteiger charge is -2.50. The largest absolute Gasteiger partial charge is 0.624 e. The van der Waals surface area contributed by atoms with Crippen molar-refractivity contribution >= 4 is 49.3 Å². The van der Waals surface area contributed by atoms with Crippen molar-refractivity contribution in [1.82, 2.24) is 19.8 Å². The van der Waals surface area contributed by atoms with E-state index in [2.05, 4.69) is 208 Å². The molecule has 2 atom stereocenters. The fourth-order valence-electron chi connectivity index (χ4n) is 8.91. The van der Waals surface area contributed by atoms with Crippen LogP contribution in [-0.2, 0) is 0 Å². The molecule has 2 unspecified atom stereocenters. The van der Waals surface area contributed by atoms with Crippen molar-refractivity contribution in [1.29, 1.82) is 0 Å². The quantitative estimate of drug-likeness (QED) is 0.179. The maximum Gasteiger partial charge on any atom is 0.0814 e. The molecule has 2 N–H and O–H groups in total. The van der Waals surface area contributed by atoms with Crippen LogP contribution in [0.3, 0.4) is 0 Å². The summed E-state index contributed by atoms with van der Waals surface area (Å²) >= 11 is 0. The van der Waals surface area contributed by atoms with E-state index in [0.717, 1.165) is 29.7 Å². The third-order valence-corrected chi connectivity index (χ3v) is 11.6. The normalized spacial score (nSPS) is 18.6. The summed E-state index contributed by atoms with van der Waals surface area (Å²) in [6.45, 7) is 0. The van der Waals surface area contributed by atoms with Gasteiger partial charge in [-0.25, -0.2) is 0 Å². The minimum atomic E-state index is -0.131. The van der Waals surface area contributed by atoms with Crippen LogP contribution in [0.25, 0.3) is 71.4 Å². The van der Waals surface area contributed by atoms with E-state index in [1.807, 2.05) is 0 Å². The topological polar surface area (TPSA) is 48.0 Å². The Morgan fingerprint density at radius 2 is 1.07 bits per heavy atom. The minimum absolute atomic E-state index is 0.0753. The number of nitrogens with one attached hydrogen (secondary N) is 2. The zero-order chi connectivity index (χ0) is 37.0. The van der Waals surface area contributed by atoms with Gasteiger partial charge in [0.25, 0.3) is 0 Å². The lowest BCUT2D eigenvalue weighted by atomic mass is 10.0. The molecule has 2 aromatic heterocycles.